The van der Waals surface area contributed by atoms with Crippen molar-refractivity contribution in [2.24, 2.45) is 0 Å². The third-order valence-electron chi connectivity index (χ3n) is 6.17. The Kier molecular flexibility index (Phi) is 5.98. The lowest BCUT2D eigenvalue weighted by Gasteiger charge is -2.27. The van der Waals surface area contributed by atoms with Crippen molar-refractivity contribution in [2.75, 3.05) is 18.6 Å². The Balaban J connectivity index is 1.65. The fourth-order valence-corrected chi connectivity index (χ4v) is 4.59. The van der Waals surface area contributed by atoms with Gasteiger partial charge in [0.1, 0.15) is 5.75 Å². The SMILES string of the molecule is CCOc1cccc(N2C(=O)C(O)=C(C(=O)c3cc4cccc(OC)c4o3)C2c2cccc(C)c2)c1. The van der Waals surface area contributed by atoms with Gasteiger partial charge in [0.05, 0.1) is 25.3 Å². The number of fused-ring (bicyclic) bond motifs is 1. The molecule has 5 rings (SSSR count). The normalized spacial score (nSPS) is 15.6. The van der Waals surface area contributed by atoms with Crippen LogP contribution in [0.5, 0.6) is 11.5 Å². The van der Waals surface area contributed by atoms with Crippen LogP contribution in [0.4, 0.5) is 5.69 Å². The van der Waals surface area contributed by atoms with Crippen LogP contribution in [0.2, 0.25) is 0 Å². The third kappa shape index (κ3) is 3.88. The average molecular weight is 484 g/mol. The number of furan rings is 1. The summed E-state index contributed by atoms with van der Waals surface area (Å²) in [5, 5.41) is 11.7. The first-order valence-corrected chi connectivity index (χ1v) is 11.6. The van der Waals surface area contributed by atoms with Gasteiger partial charge in [0.25, 0.3) is 5.91 Å². The van der Waals surface area contributed by atoms with Crippen LogP contribution in [0.1, 0.15) is 34.6 Å². The Hall–Kier alpha value is -4.52. The highest BCUT2D eigenvalue weighted by Gasteiger charge is 2.45. The van der Waals surface area contributed by atoms with Gasteiger partial charge in [-0.2, -0.15) is 0 Å². The lowest BCUT2D eigenvalue weighted by Crippen LogP contribution is -2.31. The van der Waals surface area contributed by atoms with E-state index >= 15 is 0 Å². The molecule has 7 nitrogen and oxygen atoms in total. The minimum Gasteiger partial charge on any atom is -0.503 e. The Bertz CT molecular complexity index is 1520. The van der Waals surface area contributed by atoms with Crippen molar-refractivity contribution in [1.82, 2.24) is 0 Å². The largest absolute Gasteiger partial charge is 0.503 e. The van der Waals surface area contributed by atoms with Gasteiger partial charge in [-0.3, -0.25) is 14.5 Å². The van der Waals surface area contributed by atoms with Crippen molar-refractivity contribution < 1.29 is 28.6 Å². The Morgan fingerprint density at radius 3 is 2.58 bits per heavy atom. The number of hydrogen-bond donors (Lipinski definition) is 1. The predicted octanol–water partition coefficient (Wildman–Crippen LogP) is 5.93. The second-order valence-corrected chi connectivity index (χ2v) is 8.50. The molecule has 2 heterocycles. The van der Waals surface area contributed by atoms with Gasteiger partial charge in [0.15, 0.2) is 22.9 Å². The number of benzene rings is 3. The fraction of sp³-hybridized carbons (Fsp3) is 0.172. The van der Waals surface area contributed by atoms with Gasteiger partial charge >= 0.3 is 0 Å². The van der Waals surface area contributed by atoms with Gasteiger partial charge in [-0.15, -0.1) is 0 Å². The number of amides is 1. The summed E-state index contributed by atoms with van der Waals surface area (Å²) in [5.41, 5.74) is 2.51. The number of ether oxygens (including phenoxy) is 2. The topological polar surface area (TPSA) is 89.2 Å². The fourth-order valence-electron chi connectivity index (χ4n) is 4.59. The smallest absolute Gasteiger partial charge is 0.294 e. The number of carbonyl (C=O) groups is 2. The molecule has 0 bridgehead atoms. The molecule has 4 aromatic rings. The van der Waals surface area contributed by atoms with Gasteiger partial charge in [0, 0.05) is 17.1 Å². The maximum absolute atomic E-state index is 13.8. The number of carbonyl (C=O) groups excluding carboxylic acids is 2. The van der Waals surface area contributed by atoms with Gasteiger partial charge in [0.2, 0.25) is 5.78 Å². The van der Waals surface area contributed by atoms with Crippen molar-refractivity contribution in [2.45, 2.75) is 19.9 Å². The number of ketones is 1. The molecule has 1 amide bonds. The zero-order valence-corrected chi connectivity index (χ0v) is 20.1. The molecule has 0 spiro atoms. The number of anilines is 1. The Morgan fingerprint density at radius 1 is 1.06 bits per heavy atom. The predicted molar refractivity (Wildman–Crippen MR) is 136 cm³/mol. The summed E-state index contributed by atoms with van der Waals surface area (Å²) < 4.78 is 16.9. The van der Waals surface area contributed by atoms with E-state index in [-0.39, 0.29) is 11.3 Å². The maximum atomic E-state index is 13.8. The molecule has 0 radical (unpaired) electrons. The van der Waals surface area contributed by atoms with Crippen molar-refractivity contribution >= 4 is 28.3 Å². The lowest BCUT2D eigenvalue weighted by atomic mass is 9.94. The molecule has 0 saturated carbocycles. The number of aliphatic hydroxyl groups excluding tert-OH is 1. The lowest BCUT2D eigenvalue weighted by molar-refractivity contribution is -0.117. The minimum atomic E-state index is -0.864. The van der Waals surface area contributed by atoms with Crippen LogP contribution in [-0.2, 0) is 4.79 Å². The molecule has 182 valence electrons. The summed E-state index contributed by atoms with van der Waals surface area (Å²) >= 11 is 0. The number of aliphatic hydroxyl groups is 1. The van der Waals surface area contributed by atoms with E-state index in [2.05, 4.69) is 0 Å². The number of rotatable bonds is 7. The summed E-state index contributed by atoms with van der Waals surface area (Å²) in [6.07, 6.45) is 0. The van der Waals surface area contributed by atoms with Crippen LogP contribution >= 0.6 is 0 Å². The standard InChI is InChI=1S/C29H25NO6/c1-4-35-21-12-7-11-20(16-21)30-25(18-9-5-8-17(2)14-18)24(27(32)29(30)33)26(31)23-15-19-10-6-13-22(34-3)28(19)36-23/h5-16,25,32H,4H2,1-3H3. The van der Waals surface area contributed by atoms with Crippen LogP contribution in [0.3, 0.4) is 0 Å². The number of hydrogen-bond acceptors (Lipinski definition) is 6. The molecule has 1 atom stereocenters. The van der Waals surface area contributed by atoms with E-state index in [0.29, 0.717) is 40.3 Å². The third-order valence-corrected chi connectivity index (χ3v) is 6.17. The number of nitrogens with zero attached hydrogens (tertiary/aromatic N) is 1. The van der Waals surface area contributed by atoms with E-state index in [0.717, 1.165) is 5.56 Å². The van der Waals surface area contributed by atoms with E-state index in [1.807, 2.05) is 38.1 Å². The second kappa shape index (κ2) is 9.26. The molecular formula is C29H25NO6. The quantitative estimate of drug-likeness (QED) is 0.328. The summed E-state index contributed by atoms with van der Waals surface area (Å²) in [4.78, 5) is 28.7. The van der Waals surface area contributed by atoms with E-state index in [4.69, 9.17) is 13.9 Å². The van der Waals surface area contributed by atoms with Crippen molar-refractivity contribution in [3.05, 3.63) is 101 Å². The molecule has 36 heavy (non-hydrogen) atoms. The highest BCUT2D eigenvalue weighted by molar-refractivity contribution is 6.20. The van der Waals surface area contributed by atoms with Crippen molar-refractivity contribution in [3.63, 3.8) is 0 Å². The molecule has 0 fully saturated rings. The molecule has 1 aliphatic rings. The van der Waals surface area contributed by atoms with Crippen molar-refractivity contribution in [3.8, 4) is 11.5 Å². The molecule has 7 heteroatoms. The van der Waals surface area contributed by atoms with E-state index in [1.54, 1.807) is 48.5 Å². The number of methoxy groups -OCH3 is 1. The Morgan fingerprint density at radius 2 is 1.83 bits per heavy atom. The first-order valence-electron chi connectivity index (χ1n) is 11.6. The minimum absolute atomic E-state index is 0.00594. The second-order valence-electron chi connectivity index (χ2n) is 8.50. The molecule has 3 aromatic carbocycles. The molecule has 1 unspecified atom stereocenters. The van der Waals surface area contributed by atoms with Gasteiger partial charge in [-0.1, -0.05) is 48.0 Å². The van der Waals surface area contributed by atoms with Gasteiger partial charge in [-0.05, 0) is 43.7 Å². The number of aryl methyl sites for hydroxylation is 1. The van der Waals surface area contributed by atoms with Crippen LogP contribution in [0, 0.1) is 6.92 Å². The van der Waals surface area contributed by atoms with Crippen molar-refractivity contribution in [1.29, 1.82) is 0 Å². The molecule has 0 aliphatic carbocycles. The molecule has 1 aliphatic heterocycles. The summed E-state index contributed by atoms with van der Waals surface area (Å²) in [5.74, 6) is -0.792. The molecule has 0 saturated heterocycles. The summed E-state index contributed by atoms with van der Waals surface area (Å²) in [6, 6.07) is 20.6. The number of para-hydroxylation sites is 1. The zero-order valence-electron chi connectivity index (χ0n) is 20.1. The monoisotopic (exact) mass is 483 g/mol. The molecular weight excluding hydrogens is 458 g/mol. The maximum Gasteiger partial charge on any atom is 0.294 e. The highest BCUT2D eigenvalue weighted by Crippen LogP contribution is 2.43. The molecule has 1 N–H and O–H groups in total. The average Bonchev–Trinajstić information content (AvgIpc) is 3.43. The van der Waals surface area contributed by atoms with E-state index in [1.165, 1.54) is 12.0 Å². The zero-order chi connectivity index (χ0) is 25.4. The molecule has 1 aromatic heterocycles. The van der Waals surface area contributed by atoms with Gasteiger partial charge < -0.3 is 19.0 Å². The van der Waals surface area contributed by atoms with E-state index in [9.17, 15) is 14.7 Å². The first kappa shape index (κ1) is 23.2. The number of Topliss-reactive ketones (excluding diaryl/α,β-unsaturated/α-hetero) is 1. The van der Waals surface area contributed by atoms with Gasteiger partial charge in [-0.25, -0.2) is 0 Å². The Labute approximate surface area is 208 Å². The van der Waals surface area contributed by atoms with Crippen LogP contribution in [-0.4, -0.2) is 30.5 Å². The van der Waals surface area contributed by atoms with Crippen LogP contribution in [0.15, 0.2) is 88.5 Å². The van der Waals surface area contributed by atoms with Crippen LogP contribution < -0.4 is 14.4 Å². The summed E-state index contributed by atoms with van der Waals surface area (Å²) in [7, 11) is 1.52. The highest BCUT2D eigenvalue weighted by atomic mass is 16.5. The van der Waals surface area contributed by atoms with E-state index < -0.39 is 23.5 Å². The summed E-state index contributed by atoms with van der Waals surface area (Å²) in [6.45, 7) is 4.26. The van der Waals surface area contributed by atoms with Crippen LogP contribution in [0.25, 0.3) is 11.0 Å². The first-order chi connectivity index (χ1) is 17.4.